The molecular weight excluding hydrogens is 234 g/mol. The molecule has 0 aliphatic rings. The maximum absolute atomic E-state index is 10.9. The van der Waals surface area contributed by atoms with Crippen LogP contribution >= 0.6 is 11.6 Å². The van der Waals surface area contributed by atoms with Crippen LogP contribution in [0.5, 0.6) is 5.75 Å². The molecule has 5 nitrogen and oxygen atoms in total. The molecule has 0 aromatic heterocycles. The number of amides is 1. The molecule has 0 bridgehead atoms. The van der Waals surface area contributed by atoms with Crippen LogP contribution in [0.1, 0.15) is 17.3 Å². The molecule has 0 saturated heterocycles. The molecule has 1 aromatic rings. The molecule has 0 fully saturated rings. The molecule has 16 heavy (non-hydrogen) atoms. The number of aromatic carboxylic acids is 1. The van der Waals surface area contributed by atoms with Crippen molar-refractivity contribution in [2.75, 3.05) is 12.4 Å². The van der Waals surface area contributed by atoms with Gasteiger partial charge in [-0.1, -0.05) is 11.6 Å². The van der Waals surface area contributed by atoms with E-state index in [9.17, 15) is 9.59 Å². The Morgan fingerprint density at radius 1 is 1.44 bits per heavy atom. The molecule has 0 atom stereocenters. The third-order valence-corrected chi connectivity index (χ3v) is 2.22. The molecule has 0 aliphatic carbocycles. The van der Waals surface area contributed by atoms with Gasteiger partial charge in [-0.05, 0) is 12.1 Å². The summed E-state index contributed by atoms with van der Waals surface area (Å²) >= 11 is 5.84. The maximum atomic E-state index is 10.9. The van der Waals surface area contributed by atoms with Crippen molar-refractivity contribution in [3.8, 4) is 5.75 Å². The molecule has 2 N–H and O–H groups in total. The van der Waals surface area contributed by atoms with E-state index in [0.29, 0.717) is 5.69 Å². The van der Waals surface area contributed by atoms with E-state index in [2.05, 4.69) is 5.32 Å². The van der Waals surface area contributed by atoms with Gasteiger partial charge in [-0.15, -0.1) is 0 Å². The zero-order valence-electron chi connectivity index (χ0n) is 8.70. The van der Waals surface area contributed by atoms with E-state index in [1.165, 1.54) is 26.2 Å². The summed E-state index contributed by atoms with van der Waals surface area (Å²) < 4.78 is 4.96. The van der Waals surface area contributed by atoms with Crippen molar-refractivity contribution in [2.45, 2.75) is 6.92 Å². The molecule has 0 spiro atoms. The number of carbonyl (C=O) groups excluding carboxylic acids is 1. The molecule has 1 amide bonds. The fourth-order valence-electron chi connectivity index (χ4n) is 1.21. The Labute approximate surface area is 97.0 Å². The third-order valence-electron chi connectivity index (χ3n) is 1.84. The number of rotatable bonds is 3. The van der Waals surface area contributed by atoms with Gasteiger partial charge in [0.25, 0.3) is 0 Å². The fraction of sp³-hybridized carbons (Fsp3) is 0.200. The number of hydrogen-bond acceptors (Lipinski definition) is 3. The Balaban J connectivity index is 3.29. The first-order chi connectivity index (χ1) is 7.47. The molecule has 86 valence electrons. The lowest BCUT2D eigenvalue weighted by molar-refractivity contribution is -0.114. The van der Waals surface area contributed by atoms with Gasteiger partial charge in [-0.3, -0.25) is 4.79 Å². The summed E-state index contributed by atoms with van der Waals surface area (Å²) in [6, 6.07) is 2.73. The van der Waals surface area contributed by atoms with E-state index in [0.717, 1.165) is 0 Å². The standard InChI is InChI=1S/C10H10ClNO4/c1-5(13)12-7-4-3-6(10(14)15)8(11)9(7)16-2/h3-4H,1-2H3,(H,12,13)(H,14,15). The van der Waals surface area contributed by atoms with Crippen molar-refractivity contribution < 1.29 is 19.4 Å². The van der Waals surface area contributed by atoms with Crippen molar-refractivity contribution in [3.63, 3.8) is 0 Å². The minimum atomic E-state index is -1.15. The predicted molar refractivity (Wildman–Crippen MR) is 59.3 cm³/mol. The van der Waals surface area contributed by atoms with Crippen LogP contribution in [-0.4, -0.2) is 24.1 Å². The second-order valence-corrected chi connectivity index (χ2v) is 3.37. The lowest BCUT2D eigenvalue weighted by Crippen LogP contribution is -2.08. The molecule has 0 aliphatic heterocycles. The van der Waals surface area contributed by atoms with Crippen molar-refractivity contribution >= 4 is 29.2 Å². The minimum Gasteiger partial charge on any atom is -0.493 e. The maximum Gasteiger partial charge on any atom is 0.337 e. The highest BCUT2D eigenvalue weighted by molar-refractivity contribution is 6.35. The van der Waals surface area contributed by atoms with Gasteiger partial charge in [0.15, 0.2) is 5.75 Å². The second kappa shape index (κ2) is 4.85. The largest absolute Gasteiger partial charge is 0.493 e. The highest BCUT2D eigenvalue weighted by Gasteiger charge is 2.17. The van der Waals surface area contributed by atoms with Gasteiger partial charge in [0.05, 0.1) is 23.4 Å². The van der Waals surface area contributed by atoms with E-state index in [1.54, 1.807) is 0 Å². The lowest BCUT2D eigenvalue weighted by atomic mass is 10.2. The minimum absolute atomic E-state index is 0.0405. The molecule has 0 heterocycles. The quantitative estimate of drug-likeness (QED) is 0.851. The Morgan fingerprint density at radius 3 is 2.50 bits per heavy atom. The first kappa shape index (κ1) is 12.3. The Bertz CT molecular complexity index is 445. The lowest BCUT2D eigenvalue weighted by Gasteiger charge is -2.11. The summed E-state index contributed by atoms with van der Waals surface area (Å²) in [5.41, 5.74) is 0.262. The number of hydrogen-bond donors (Lipinski definition) is 2. The van der Waals surface area contributed by atoms with Crippen LogP contribution in [0.15, 0.2) is 12.1 Å². The number of carboxylic acid groups (broad SMARTS) is 1. The third kappa shape index (κ3) is 2.43. The normalized spacial score (nSPS) is 9.69. The predicted octanol–water partition coefficient (Wildman–Crippen LogP) is 2.01. The Hall–Kier alpha value is -1.75. The topological polar surface area (TPSA) is 75.6 Å². The summed E-state index contributed by atoms with van der Waals surface area (Å²) in [6.07, 6.45) is 0. The van der Waals surface area contributed by atoms with Gasteiger partial charge in [0.2, 0.25) is 5.91 Å². The number of carboxylic acids is 1. The van der Waals surface area contributed by atoms with Crippen LogP contribution in [-0.2, 0) is 4.79 Å². The highest BCUT2D eigenvalue weighted by Crippen LogP contribution is 2.35. The van der Waals surface area contributed by atoms with Gasteiger partial charge in [0, 0.05) is 6.92 Å². The van der Waals surface area contributed by atoms with E-state index >= 15 is 0 Å². The fourth-order valence-corrected chi connectivity index (χ4v) is 1.53. The first-order valence-electron chi connectivity index (χ1n) is 4.34. The number of ether oxygens (including phenoxy) is 1. The van der Waals surface area contributed by atoms with Gasteiger partial charge >= 0.3 is 5.97 Å². The number of halogens is 1. The molecule has 1 aromatic carbocycles. The van der Waals surface area contributed by atoms with Crippen LogP contribution in [0.4, 0.5) is 5.69 Å². The Kier molecular flexibility index (Phi) is 3.73. The molecule has 0 unspecified atom stereocenters. The number of carbonyl (C=O) groups is 2. The Morgan fingerprint density at radius 2 is 2.06 bits per heavy atom. The van der Waals surface area contributed by atoms with Crippen molar-refractivity contribution in [1.29, 1.82) is 0 Å². The average Bonchev–Trinajstić information content (AvgIpc) is 2.16. The van der Waals surface area contributed by atoms with Crippen LogP contribution < -0.4 is 10.1 Å². The molecule has 6 heteroatoms. The van der Waals surface area contributed by atoms with Gasteiger partial charge in [-0.25, -0.2) is 4.79 Å². The average molecular weight is 244 g/mol. The van der Waals surface area contributed by atoms with Crippen molar-refractivity contribution in [1.82, 2.24) is 0 Å². The first-order valence-corrected chi connectivity index (χ1v) is 4.72. The summed E-state index contributed by atoms with van der Waals surface area (Å²) in [5.74, 6) is -1.31. The number of benzene rings is 1. The van der Waals surface area contributed by atoms with Gasteiger partial charge < -0.3 is 15.2 Å². The summed E-state index contributed by atoms with van der Waals surface area (Å²) in [4.78, 5) is 21.7. The van der Waals surface area contributed by atoms with Crippen LogP contribution in [0, 0.1) is 0 Å². The zero-order chi connectivity index (χ0) is 12.3. The van der Waals surface area contributed by atoms with E-state index in [4.69, 9.17) is 21.4 Å². The van der Waals surface area contributed by atoms with Crippen LogP contribution in [0.3, 0.4) is 0 Å². The van der Waals surface area contributed by atoms with E-state index in [1.807, 2.05) is 0 Å². The second-order valence-electron chi connectivity index (χ2n) is 2.99. The molecule has 0 saturated carbocycles. The number of anilines is 1. The molecular formula is C10H10ClNO4. The van der Waals surface area contributed by atoms with Gasteiger partial charge in [-0.2, -0.15) is 0 Å². The summed E-state index contributed by atoms with van der Waals surface area (Å²) in [6.45, 7) is 1.33. The van der Waals surface area contributed by atoms with Crippen LogP contribution in [0.25, 0.3) is 0 Å². The van der Waals surface area contributed by atoms with Crippen LogP contribution in [0.2, 0.25) is 5.02 Å². The smallest absolute Gasteiger partial charge is 0.337 e. The van der Waals surface area contributed by atoms with Crippen molar-refractivity contribution in [3.05, 3.63) is 22.7 Å². The highest BCUT2D eigenvalue weighted by atomic mass is 35.5. The van der Waals surface area contributed by atoms with E-state index < -0.39 is 5.97 Å². The molecule has 0 radical (unpaired) electrons. The van der Waals surface area contributed by atoms with Gasteiger partial charge in [0.1, 0.15) is 0 Å². The monoisotopic (exact) mass is 243 g/mol. The number of nitrogens with one attached hydrogen (secondary N) is 1. The molecule has 1 rings (SSSR count). The van der Waals surface area contributed by atoms with E-state index in [-0.39, 0.29) is 22.2 Å². The SMILES string of the molecule is COc1c(NC(C)=O)ccc(C(=O)O)c1Cl. The summed E-state index contributed by atoms with van der Waals surface area (Å²) in [5, 5.41) is 11.3. The number of methoxy groups -OCH3 is 1. The van der Waals surface area contributed by atoms with Crippen molar-refractivity contribution in [2.24, 2.45) is 0 Å². The summed E-state index contributed by atoms with van der Waals surface area (Å²) in [7, 11) is 1.35. The zero-order valence-corrected chi connectivity index (χ0v) is 9.46.